The molecule has 6 rings (SSSR count). The smallest absolute Gasteiger partial charge is 0.273 e. The molecule has 13 heteroatoms. The van der Waals surface area contributed by atoms with Crippen LogP contribution in [0.3, 0.4) is 0 Å². The van der Waals surface area contributed by atoms with Gasteiger partial charge in [-0.05, 0) is 98.2 Å². The van der Waals surface area contributed by atoms with Gasteiger partial charge in [-0.15, -0.1) is 0 Å². The van der Waals surface area contributed by atoms with Crippen LogP contribution in [0.25, 0.3) is 21.8 Å². The van der Waals surface area contributed by atoms with Gasteiger partial charge in [-0.25, -0.2) is 22.0 Å². The van der Waals surface area contributed by atoms with Crippen LogP contribution in [0.2, 0.25) is 0 Å². The molecule has 0 saturated carbocycles. The summed E-state index contributed by atoms with van der Waals surface area (Å²) >= 11 is 0. The maximum absolute atomic E-state index is 15.3. The molecule has 4 heterocycles. The number of benzene rings is 2. The monoisotopic (exact) mass is 808 g/mol. The molecule has 2 unspecified atom stereocenters. The average Bonchev–Trinajstić information content (AvgIpc) is 3.73. The van der Waals surface area contributed by atoms with Crippen molar-refractivity contribution >= 4 is 21.8 Å². The van der Waals surface area contributed by atoms with E-state index in [-0.39, 0.29) is 25.7 Å². The topological polar surface area (TPSA) is 116 Å². The molecule has 0 saturated heterocycles. The number of rotatable bonds is 14. The van der Waals surface area contributed by atoms with E-state index in [0.29, 0.717) is 46.5 Å². The molecule has 8 nitrogen and oxygen atoms in total. The zero-order valence-corrected chi connectivity index (χ0v) is 34.4. The maximum atomic E-state index is 15.3. The van der Waals surface area contributed by atoms with Gasteiger partial charge in [0, 0.05) is 65.4 Å². The summed E-state index contributed by atoms with van der Waals surface area (Å²) in [5, 5.41) is 24.4. The number of hydrogen-bond donors (Lipinski definition) is 4. The number of alkyl halides is 3. The Morgan fingerprint density at radius 1 is 0.586 bits per heavy atom. The fourth-order valence-corrected chi connectivity index (χ4v) is 7.81. The largest absolute Gasteiger partial charge is 0.496 e. The first kappa shape index (κ1) is 44.1. The molecule has 2 atom stereocenters. The first-order valence-corrected chi connectivity index (χ1v) is 18.9. The third kappa shape index (κ3) is 9.64. The Kier molecular flexibility index (Phi) is 12.4. The molecule has 312 valence electrons. The summed E-state index contributed by atoms with van der Waals surface area (Å²) in [5.41, 5.74) is -4.00. The Morgan fingerprint density at radius 2 is 0.983 bits per heavy atom. The third-order valence-electron chi connectivity index (χ3n) is 11.1. The number of pyridine rings is 2. The van der Waals surface area contributed by atoms with Gasteiger partial charge in [0.2, 0.25) is 0 Å². The van der Waals surface area contributed by atoms with Crippen LogP contribution in [-0.2, 0) is 23.7 Å². The zero-order chi connectivity index (χ0) is 42.9. The van der Waals surface area contributed by atoms with Crippen LogP contribution < -0.4 is 9.47 Å². The first-order chi connectivity index (χ1) is 26.9. The molecule has 6 aromatic rings. The lowest BCUT2D eigenvalue weighted by Crippen LogP contribution is -2.52. The number of aromatic amines is 2. The zero-order valence-electron chi connectivity index (χ0n) is 34.4. The summed E-state index contributed by atoms with van der Waals surface area (Å²) < 4.78 is 83.1. The van der Waals surface area contributed by atoms with Crippen molar-refractivity contribution < 1.29 is 41.6 Å². The molecular weight excluding hydrogens is 756 g/mol. The number of nitrogens with one attached hydrogen (secondary N) is 2. The lowest BCUT2D eigenvalue weighted by atomic mass is 9.68. The van der Waals surface area contributed by atoms with Crippen LogP contribution in [-0.4, -0.2) is 67.2 Å². The van der Waals surface area contributed by atoms with E-state index in [1.54, 1.807) is 56.8 Å². The first-order valence-electron chi connectivity index (χ1n) is 18.9. The van der Waals surface area contributed by atoms with Gasteiger partial charge >= 0.3 is 0 Å². The van der Waals surface area contributed by atoms with Crippen molar-refractivity contribution in [1.29, 1.82) is 0 Å². The molecule has 0 radical (unpaired) electrons. The molecule has 0 fully saturated rings. The second kappa shape index (κ2) is 16.3. The van der Waals surface area contributed by atoms with E-state index in [1.807, 2.05) is 26.0 Å². The standard InChI is InChI=1S/C23H28F2N2O2.C22H25F3N2O2/c1-21(2,18-11-16(24)6-7-20(18)29-5)14-23(28,22(3,4)25)12-17-10-15-8-9-26-13-19(15)27-17;1-20(2,17-10-15(23)5-6-19(17)29-4)13-22(28,21(3,24)25)11-16-9-14-7-8-26-12-18(14)27-16/h6-11,13,27-28H,12,14H2,1-5H3;5-10,12,27-28H,11,13H2,1-4H3. The fraction of sp³-hybridized carbons (Fsp3) is 0.422. The molecule has 4 N–H and O–H groups in total. The van der Waals surface area contributed by atoms with E-state index in [4.69, 9.17) is 9.47 Å². The van der Waals surface area contributed by atoms with Crippen molar-refractivity contribution in [2.24, 2.45) is 0 Å². The van der Waals surface area contributed by atoms with Crippen molar-refractivity contribution in [3.8, 4) is 11.5 Å². The van der Waals surface area contributed by atoms with Crippen molar-refractivity contribution in [1.82, 2.24) is 19.9 Å². The predicted molar refractivity (Wildman–Crippen MR) is 216 cm³/mol. The predicted octanol–water partition coefficient (Wildman–Crippen LogP) is 10.1. The lowest BCUT2D eigenvalue weighted by Gasteiger charge is -2.42. The highest BCUT2D eigenvalue weighted by Crippen LogP contribution is 2.46. The van der Waals surface area contributed by atoms with Gasteiger partial charge in [0.1, 0.15) is 40.0 Å². The summed E-state index contributed by atoms with van der Waals surface area (Å²) in [7, 11) is 2.95. The van der Waals surface area contributed by atoms with Crippen LogP contribution in [0.5, 0.6) is 11.5 Å². The molecule has 0 aliphatic heterocycles. The molecule has 0 aliphatic carbocycles. The molecule has 4 aromatic heterocycles. The van der Waals surface area contributed by atoms with E-state index in [0.717, 1.165) is 16.3 Å². The Morgan fingerprint density at radius 3 is 1.34 bits per heavy atom. The highest BCUT2D eigenvalue weighted by Gasteiger charge is 2.52. The molecule has 0 spiro atoms. The van der Waals surface area contributed by atoms with Crippen molar-refractivity contribution in [3.63, 3.8) is 0 Å². The number of ether oxygens (including phenoxy) is 2. The third-order valence-corrected chi connectivity index (χ3v) is 11.1. The highest BCUT2D eigenvalue weighted by molar-refractivity contribution is 5.79. The van der Waals surface area contributed by atoms with Crippen molar-refractivity contribution in [3.05, 3.63) is 120 Å². The minimum absolute atomic E-state index is 0.0664. The van der Waals surface area contributed by atoms with Gasteiger partial charge in [0.05, 0.1) is 37.6 Å². The number of halogens is 5. The molecule has 0 aliphatic rings. The number of nitrogens with zero attached hydrogens (tertiary/aromatic N) is 2. The van der Waals surface area contributed by atoms with Crippen molar-refractivity contribution in [2.45, 2.75) is 108 Å². The Balaban J connectivity index is 0.000000221. The number of hydrogen-bond acceptors (Lipinski definition) is 6. The van der Waals surface area contributed by atoms with Gasteiger partial charge in [-0.1, -0.05) is 27.7 Å². The summed E-state index contributed by atoms with van der Waals surface area (Å²) in [5.74, 6) is -3.41. The van der Waals surface area contributed by atoms with E-state index < -0.39 is 45.3 Å². The second-order valence-corrected chi connectivity index (χ2v) is 17.1. The summed E-state index contributed by atoms with van der Waals surface area (Å²) in [6.45, 7) is 10.5. The fourth-order valence-electron chi connectivity index (χ4n) is 7.81. The van der Waals surface area contributed by atoms with Gasteiger partial charge in [-0.2, -0.15) is 0 Å². The molecule has 2 aromatic carbocycles. The summed E-state index contributed by atoms with van der Waals surface area (Å²) in [6.07, 6.45) is 6.13. The number of methoxy groups -OCH3 is 2. The van der Waals surface area contributed by atoms with E-state index in [2.05, 4.69) is 19.9 Å². The molecule has 0 amide bonds. The maximum Gasteiger partial charge on any atom is 0.273 e. The number of aliphatic hydroxyl groups is 2. The van der Waals surface area contributed by atoms with Crippen LogP contribution in [0.1, 0.15) is 83.8 Å². The second-order valence-electron chi connectivity index (χ2n) is 17.1. The highest BCUT2D eigenvalue weighted by atomic mass is 19.3. The number of aromatic nitrogens is 4. The molecule has 58 heavy (non-hydrogen) atoms. The van der Waals surface area contributed by atoms with Gasteiger partial charge in [0.25, 0.3) is 5.92 Å². The van der Waals surface area contributed by atoms with Gasteiger partial charge in [0.15, 0.2) is 0 Å². The summed E-state index contributed by atoms with van der Waals surface area (Å²) in [4.78, 5) is 14.3. The van der Waals surface area contributed by atoms with Gasteiger partial charge < -0.3 is 29.7 Å². The van der Waals surface area contributed by atoms with E-state index >= 15 is 4.39 Å². The normalized spacial score (nSPS) is 14.8. The van der Waals surface area contributed by atoms with Crippen molar-refractivity contribution in [2.75, 3.05) is 14.2 Å². The van der Waals surface area contributed by atoms with Gasteiger partial charge in [-0.3, -0.25) is 9.97 Å². The van der Waals surface area contributed by atoms with Crippen LogP contribution in [0, 0.1) is 11.6 Å². The SMILES string of the molecule is COc1ccc(F)cc1C(C)(C)CC(O)(Cc1cc2ccncc2[nH]1)C(C)(C)F.COc1ccc(F)cc1C(C)(C)CC(O)(Cc1cc2ccncc2[nH]1)C(C)(F)F. The van der Waals surface area contributed by atoms with Crippen LogP contribution in [0.15, 0.2) is 85.5 Å². The van der Waals surface area contributed by atoms with Crippen LogP contribution in [0.4, 0.5) is 22.0 Å². The van der Waals surface area contributed by atoms with E-state index in [1.165, 1.54) is 58.4 Å². The Labute approximate surface area is 335 Å². The average molecular weight is 809 g/mol. The quantitative estimate of drug-likeness (QED) is 0.0815. The Hall–Kier alpha value is -5.01. The minimum Gasteiger partial charge on any atom is -0.496 e. The Bertz CT molecular complexity index is 2120. The number of H-pyrrole nitrogens is 2. The summed E-state index contributed by atoms with van der Waals surface area (Å²) in [6, 6.07) is 15.5. The van der Waals surface area contributed by atoms with Crippen LogP contribution >= 0.6 is 0 Å². The lowest BCUT2D eigenvalue weighted by molar-refractivity contribution is -0.179. The molecule has 0 bridgehead atoms. The number of fused-ring (bicyclic) bond motifs is 2. The minimum atomic E-state index is -3.40. The van der Waals surface area contributed by atoms with E-state index in [9.17, 15) is 27.8 Å². The molecular formula is C45H53F5N4O4.